The predicted octanol–water partition coefficient (Wildman–Crippen LogP) is 2.38. The minimum atomic E-state index is -0.174. The Labute approximate surface area is 121 Å². The van der Waals surface area contributed by atoms with Crippen molar-refractivity contribution < 1.29 is 9.47 Å². The van der Waals surface area contributed by atoms with Gasteiger partial charge in [0.25, 0.3) is 0 Å². The molecule has 1 N–H and O–H groups in total. The summed E-state index contributed by atoms with van der Waals surface area (Å²) in [5.41, 5.74) is -0.174. The summed E-state index contributed by atoms with van der Waals surface area (Å²) in [5.74, 6) is 0.651. The standard InChI is InChI=1S/C13H18BrN3O2/c1-2-18-11-6-10(13(11)4-3-5-19-13)17-12-15-7-9(14)8-16-12/h7-8,10-11H,2-6H2,1H3,(H,15,16,17)/t10-,11+,13-/m0/s1. The Balaban J connectivity index is 1.70. The monoisotopic (exact) mass is 327 g/mol. The van der Waals surface area contributed by atoms with Crippen molar-refractivity contribution >= 4 is 21.9 Å². The van der Waals surface area contributed by atoms with Crippen LogP contribution in [0.4, 0.5) is 5.95 Å². The molecule has 5 nitrogen and oxygen atoms in total. The molecule has 1 aliphatic carbocycles. The van der Waals surface area contributed by atoms with Gasteiger partial charge in [-0.25, -0.2) is 9.97 Å². The first-order chi connectivity index (χ1) is 9.24. The lowest BCUT2D eigenvalue weighted by molar-refractivity contribution is -0.184. The van der Waals surface area contributed by atoms with Crippen LogP contribution in [0.5, 0.6) is 0 Å². The molecule has 0 aromatic carbocycles. The molecule has 6 heteroatoms. The molecule has 104 valence electrons. The predicted molar refractivity (Wildman–Crippen MR) is 75.1 cm³/mol. The molecule has 2 aliphatic rings. The van der Waals surface area contributed by atoms with Gasteiger partial charge >= 0.3 is 0 Å². The Bertz CT molecular complexity index is 434. The molecular formula is C13H18BrN3O2. The highest BCUT2D eigenvalue weighted by Crippen LogP contribution is 2.46. The van der Waals surface area contributed by atoms with Crippen molar-refractivity contribution in [3.05, 3.63) is 16.9 Å². The van der Waals surface area contributed by atoms with E-state index in [-0.39, 0.29) is 17.7 Å². The average molecular weight is 328 g/mol. The van der Waals surface area contributed by atoms with Crippen LogP contribution in [0.3, 0.4) is 0 Å². The molecule has 0 bridgehead atoms. The number of hydrogen-bond acceptors (Lipinski definition) is 5. The second-order valence-electron chi connectivity index (χ2n) is 5.01. The summed E-state index contributed by atoms with van der Waals surface area (Å²) in [7, 11) is 0. The second-order valence-corrected chi connectivity index (χ2v) is 5.92. The first kappa shape index (κ1) is 13.3. The fraction of sp³-hybridized carbons (Fsp3) is 0.692. The third kappa shape index (κ3) is 2.37. The van der Waals surface area contributed by atoms with Crippen molar-refractivity contribution in [1.82, 2.24) is 9.97 Å². The van der Waals surface area contributed by atoms with Gasteiger partial charge in [0.05, 0.1) is 16.6 Å². The van der Waals surface area contributed by atoms with Crippen LogP contribution in [0, 0.1) is 0 Å². The van der Waals surface area contributed by atoms with Gasteiger partial charge < -0.3 is 14.8 Å². The lowest BCUT2D eigenvalue weighted by Gasteiger charge is -2.52. The van der Waals surface area contributed by atoms with Crippen molar-refractivity contribution in [1.29, 1.82) is 0 Å². The van der Waals surface area contributed by atoms with Crippen molar-refractivity contribution in [2.45, 2.75) is 43.9 Å². The van der Waals surface area contributed by atoms with Crippen LogP contribution in [-0.2, 0) is 9.47 Å². The molecule has 2 fully saturated rings. The molecule has 0 unspecified atom stereocenters. The molecule has 1 saturated heterocycles. The van der Waals surface area contributed by atoms with Gasteiger partial charge in [-0.1, -0.05) is 0 Å². The maximum absolute atomic E-state index is 6.00. The Morgan fingerprint density at radius 2 is 2.32 bits per heavy atom. The molecule has 0 amide bonds. The van der Waals surface area contributed by atoms with E-state index in [0.29, 0.717) is 5.95 Å². The molecule has 0 radical (unpaired) electrons. The number of rotatable bonds is 4. The van der Waals surface area contributed by atoms with Gasteiger partial charge in [-0.15, -0.1) is 0 Å². The van der Waals surface area contributed by atoms with Gasteiger partial charge in [0.15, 0.2) is 0 Å². The highest BCUT2D eigenvalue weighted by Gasteiger charge is 2.58. The molecular weight excluding hydrogens is 310 g/mol. The summed E-state index contributed by atoms with van der Waals surface area (Å²) >= 11 is 3.34. The third-order valence-electron chi connectivity index (χ3n) is 3.96. The Hall–Kier alpha value is -0.720. The van der Waals surface area contributed by atoms with E-state index < -0.39 is 0 Å². The van der Waals surface area contributed by atoms with Crippen LogP contribution in [0.2, 0.25) is 0 Å². The van der Waals surface area contributed by atoms with Crippen molar-refractivity contribution in [2.75, 3.05) is 18.5 Å². The van der Waals surface area contributed by atoms with Crippen LogP contribution in [0.25, 0.3) is 0 Å². The molecule has 1 aromatic heterocycles. The highest BCUT2D eigenvalue weighted by molar-refractivity contribution is 9.10. The first-order valence-corrected chi connectivity index (χ1v) is 7.53. The molecule has 1 aliphatic heterocycles. The van der Waals surface area contributed by atoms with Crippen molar-refractivity contribution in [2.24, 2.45) is 0 Å². The molecule has 2 heterocycles. The fourth-order valence-corrected chi connectivity index (χ4v) is 3.23. The summed E-state index contributed by atoms with van der Waals surface area (Å²) in [6, 6.07) is 0.243. The zero-order valence-corrected chi connectivity index (χ0v) is 12.5. The van der Waals surface area contributed by atoms with Crippen LogP contribution in [0.1, 0.15) is 26.2 Å². The summed E-state index contributed by atoms with van der Waals surface area (Å²) in [6.45, 7) is 3.58. The van der Waals surface area contributed by atoms with Gasteiger partial charge in [-0.3, -0.25) is 0 Å². The summed E-state index contributed by atoms with van der Waals surface area (Å²) < 4.78 is 12.7. The summed E-state index contributed by atoms with van der Waals surface area (Å²) in [5, 5.41) is 3.38. The van der Waals surface area contributed by atoms with Gasteiger partial charge in [0, 0.05) is 25.6 Å². The molecule has 3 rings (SSSR count). The Morgan fingerprint density at radius 1 is 1.53 bits per heavy atom. The van der Waals surface area contributed by atoms with E-state index in [9.17, 15) is 0 Å². The smallest absolute Gasteiger partial charge is 0.222 e. The third-order valence-corrected chi connectivity index (χ3v) is 4.37. The highest BCUT2D eigenvalue weighted by atomic mass is 79.9. The summed E-state index contributed by atoms with van der Waals surface area (Å²) in [4.78, 5) is 8.52. The van der Waals surface area contributed by atoms with Gasteiger partial charge in [0.1, 0.15) is 5.60 Å². The molecule has 1 saturated carbocycles. The quantitative estimate of drug-likeness (QED) is 0.920. The molecule has 3 atom stereocenters. The second kappa shape index (κ2) is 5.34. The number of ether oxygens (including phenoxy) is 2. The van der Waals surface area contributed by atoms with Crippen molar-refractivity contribution in [3.8, 4) is 0 Å². The average Bonchev–Trinajstić information content (AvgIpc) is 2.92. The minimum Gasteiger partial charge on any atom is -0.375 e. The summed E-state index contributed by atoms with van der Waals surface area (Å²) in [6.07, 6.45) is 6.79. The van der Waals surface area contributed by atoms with Gasteiger partial charge in [-0.05, 0) is 42.1 Å². The van der Waals surface area contributed by atoms with E-state index >= 15 is 0 Å². The van der Waals surface area contributed by atoms with E-state index in [1.807, 2.05) is 6.92 Å². The largest absolute Gasteiger partial charge is 0.375 e. The van der Waals surface area contributed by atoms with Crippen molar-refractivity contribution in [3.63, 3.8) is 0 Å². The van der Waals surface area contributed by atoms with E-state index in [1.54, 1.807) is 12.4 Å². The van der Waals surface area contributed by atoms with Gasteiger partial charge in [-0.2, -0.15) is 0 Å². The number of aromatic nitrogens is 2. The number of nitrogens with zero attached hydrogens (tertiary/aromatic N) is 2. The number of halogens is 1. The number of hydrogen-bond donors (Lipinski definition) is 1. The zero-order valence-electron chi connectivity index (χ0n) is 10.9. The van der Waals surface area contributed by atoms with Gasteiger partial charge in [0.2, 0.25) is 5.95 Å². The lowest BCUT2D eigenvalue weighted by atomic mass is 9.70. The van der Waals surface area contributed by atoms with Crippen LogP contribution < -0.4 is 5.32 Å². The zero-order chi connectivity index (χ0) is 13.3. The van der Waals surface area contributed by atoms with Crippen LogP contribution in [-0.4, -0.2) is 40.9 Å². The first-order valence-electron chi connectivity index (χ1n) is 6.74. The Morgan fingerprint density at radius 3 is 2.95 bits per heavy atom. The molecule has 1 spiro atoms. The minimum absolute atomic E-state index is 0.174. The number of anilines is 1. The van der Waals surface area contributed by atoms with E-state index in [0.717, 1.165) is 36.9 Å². The van der Waals surface area contributed by atoms with E-state index in [4.69, 9.17) is 9.47 Å². The topological polar surface area (TPSA) is 56.3 Å². The number of nitrogens with one attached hydrogen (secondary N) is 1. The lowest BCUT2D eigenvalue weighted by Crippen LogP contribution is -2.66. The van der Waals surface area contributed by atoms with E-state index in [1.165, 1.54) is 0 Å². The van der Waals surface area contributed by atoms with Crippen LogP contribution in [0.15, 0.2) is 16.9 Å². The molecule has 19 heavy (non-hydrogen) atoms. The fourth-order valence-electron chi connectivity index (χ4n) is 3.02. The van der Waals surface area contributed by atoms with E-state index in [2.05, 4.69) is 31.2 Å². The Kier molecular flexibility index (Phi) is 3.73. The van der Waals surface area contributed by atoms with Crippen LogP contribution >= 0.6 is 15.9 Å². The maximum Gasteiger partial charge on any atom is 0.222 e. The molecule has 1 aromatic rings. The normalized spacial score (nSPS) is 33.4. The SMILES string of the molecule is CCO[C@@H]1C[C@H](Nc2ncc(Br)cn2)[C@@]12CCCO2. The maximum atomic E-state index is 6.00.